The highest BCUT2D eigenvalue weighted by atomic mass is 16.4. The molecule has 18 heavy (non-hydrogen) atoms. The SMILES string of the molecule is CC1CCCC(Nc2cccc(C(=O)O)n2)C1C. The van der Waals surface area contributed by atoms with E-state index in [0.717, 1.165) is 6.42 Å². The van der Waals surface area contributed by atoms with Gasteiger partial charge in [0.1, 0.15) is 5.82 Å². The second-order valence-electron chi connectivity index (χ2n) is 5.23. The van der Waals surface area contributed by atoms with Gasteiger partial charge in [-0.2, -0.15) is 0 Å². The molecule has 1 fully saturated rings. The number of pyridine rings is 1. The molecule has 1 aromatic rings. The number of rotatable bonds is 3. The minimum atomic E-state index is -0.983. The Morgan fingerprint density at radius 1 is 1.39 bits per heavy atom. The highest BCUT2D eigenvalue weighted by Crippen LogP contribution is 2.31. The summed E-state index contributed by atoms with van der Waals surface area (Å²) in [7, 11) is 0. The van der Waals surface area contributed by atoms with Crippen LogP contribution in [0.2, 0.25) is 0 Å². The Hall–Kier alpha value is -1.58. The van der Waals surface area contributed by atoms with Gasteiger partial charge in [0.15, 0.2) is 5.69 Å². The Balaban J connectivity index is 2.08. The van der Waals surface area contributed by atoms with E-state index in [2.05, 4.69) is 24.1 Å². The number of hydrogen-bond acceptors (Lipinski definition) is 3. The maximum Gasteiger partial charge on any atom is 0.354 e. The van der Waals surface area contributed by atoms with Crippen LogP contribution in [0.4, 0.5) is 5.82 Å². The van der Waals surface area contributed by atoms with Crippen molar-refractivity contribution in [2.24, 2.45) is 11.8 Å². The predicted octanol–water partition coefficient (Wildman–Crippen LogP) is 3.02. The summed E-state index contributed by atoms with van der Waals surface area (Å²) in [5, 5.41) is 12.3. The van der Waals surface area contributed by atoms with Crippen molar-refractivity contribution in [1.29, 1.82) is 0 Å². The first-order valence-corrected chi connectivity index (χ1v) is 6.55. The van der Waals surface area contributed by atoms with Crippen molar-refractivity contribution in [1.82, 2.24) is 4.98 Å². The average molecular weight is 248 g/mol. The molecule has 1 aromatic heterocycles. The predicted molar refractivity (Wildman–Crippen MR) is 70.8 cm³/mol. The standard InChI is InChI=1S/C14H20N2O2/c1-9-5-3-6-11(10(9)2)15-13-8-4-7-12(16-13)14(17)18/h4,7-11H,3,5-6H2,1-2H3,(H,15,16)(H,17,18). The summed E-state index contributed by atoms with van der Waals surface area (Å²) in [4.78, 5) is 15.0. The fourth-order valence-electron chi connectivity index (χ4n) is 2.61. The van der Waals surface area contributed by atoms with Crippen LogP contribution in [0, 0.1) is 11.8 Å². The number of anilines is 1. The lowest BCUT2D eigenvalue weighted by atomic mass is 9.78. The highest BCUT2D eigenvalue weighted by molar-refractivity contribution is 5.85. The van der Waals surface area contributed by atoms with Crippen LogP contribution in [0.5, 0.6) is 0 Å². The topological polar surface area (TPSA) is 62.2 Å². The molecule has 1 aliphatic rings. The minimum Gasteiger partial charge on any atom is -0.477 e. The van der Waals surface area contributed by atoms with E-state index < -0.39 is 5.97 Å². The van der Waals surface area contributed by atoms with Gasteiger partial charge in [-0.05, 0) is 30.4 Å². The lowest BCUT2D eigenvalue weighted by Crippen LogP contribution is -2.35. The van der Waals surface area contributed by atoms with Crippen molar-refractivity contribution in [3.8, 4) is 0 Å². The lowest BCUT2D eigenvalue weighted by molar-refractivity contribution is 0.0690. The van der Waals surface area contributed by atoms with E-state index in [-0.39, 0.29) is 5.69 Å². The zero-order valence-electron chi connectivity index (χ0n) is 10.9. The first-order chi connectivity index (χ1) is 8.58. The molecule has 0 radical (unpaired) electrons. The molecule has 1 aliphatic carbocycles. The number of carboxylic acid groups (broad SMARTS) is 1. The molecule has 3 atom stereocenters. The van der Waals surface area contributed by atoms with E-state index >= 15 is 0 Å². The number of hydrogen-bond donors (Lipinski definition) is 2. The van der Waals surface area contributed by atoms with E-state index in [1.165, 1.54) is 18.9 Å². The molecule has 2 N–H and O–H groups in total. The zero-order chi connectivity index (χ0) is 13.1. The summed E-state index contributed by atoms with van der Waals surface area (Å²) in [6.45, 7) is 4.53. The molecule has 1 saturated carbocycles. The third-order valence-electron chi connectivity index (χ3n) is 4.01. The van der Waals surface area contributed by atoms with Crippen molar-refractivity contribution >= 4 is 11.8 Å². The van der Waals surface area contributed by atoms with Crippen LogP contribution in [0.3, 0.4) is 0 Å². The Kier molecular flexibility index (Phi) is 3.84. The molecular weight excluding hydrogens is 228 g/mol. The van der Waals surface area contributed by atoms with Crippen LogP contribution in [0.15, 0.2) is 18.2 Å². The van der Waals surface area contributed by atoms with Gasteiger partial charge in [0.2, 0.25) is 0 Å². The normalized spacial score (nSPS) is 27.8. The first-order valence-electron chi connectivity index (χ1n) is 6.55. The number of nitrogens with zero attached hydrogens (tertiary/aromatic N) is 1. The summed E-state index contributed by atoms with van der Waals surface area (Å²) in [6.07, 6.45) is 3.63. The number of carboxylic acids is 1. The third kappa shape index (κ3) is 2.81. The van der Waals surface area contributed by atoms with Gasteiger partial charge in [-0.25, -0.2) is 9.78 Å². The van der Waals surface area contributed by atoms with Crippen molar-refractivity contribution in [3.05, 3.63) is 23.9 Å². The van der Waals surface area contributed by atoms with Crippen molar-refractivity contribution in [2.75, 3.05) is 5.32 Å². The molecule has 1 heterocycles. The van der Waals surface area contributed by atoms with Gasteiger partial charge in [0.05, 0.1) is 0 Å². The molecule has 0 spiro atoms. The van der Waals surface area contributed by atoms with Crippen LogP contribution in [-0.2, 0) is 0 Å². The Labute approximate surface area is 107 Å². The molecular formula is C14H20N2O2. The number of carbonyl (C=O) groups is 1. The van der Waals surface area contributed by atoms with Crippen molar-refractivity contribution in [3.63, 3.8) is 0 Å². The van der Waals surface area contributed by atoms with E-state index in [1.54, 1.807) is 6.07 Å². The van der Waals surface area contributed by atoms with Crippen LogP contribution < -0.4 is 5.32 Å². The summed E-state index contributed by atoms with van der Waals surface area (Å²) in [5.41, 5.74) is 0.0940. The van der Waals surface area contributed by atoms with Crippen LogP contribution in [0.25, 0.3) is 0 Å². The van der Waals surface area contributed by atoms with E-state index in [1.807, 2.05) is 6.07 Å². The number of nitrogens with one attached hydrogen (secondary N) is 1. The average Bonchev–Trinajstić information content (AvgIpc) is 2.35. The maximum absolute atomic E-state index is 10.9. The second-order valence-corrected chi connectivity index (χ2v) is 5.23. The van der Waals surface area contributed by atoms with E-state index in [0.29, 0.717) is 23.7 Å². The third-order valence-corrected chi connectivity index (χ3v) is 4.01. The Morgan fingerprint density at radius 3 is 2.89 bits per heavy atom. The fraction of sp³-hybridized carbons (Fsp3) is 0.571. The molecule has 0 aliphatic heterocycles. The van der Waals surface area contributed by atoms with Crippen molar-refractivity contribution < 1.29 is 9.90 Å². The Bertz CT molecular complexity index is 434. The van der Waals surface area contributed by atoms with Crippen LogP contribution in [-0.4, -0.2) is 22.1 Å². The molecule has 0 amide bonds. The summed E-state index contributed by atoms with van der Waals surface area (Å²) >= 11 is 0. The molecule has 98 valence electrons. The van der Waals surface area contributed by atoms with Gasteiger partial charge in [0.25, 0.3) is 0 Å². The molecule has 0 aromatic carbocycles. The molecule has 0 saturated heterocycles. The first kappa shape index (κ1) is 12.9. The quantitative estimate of drug-likeness (QED) is 0.863. The molecule has 2 rings (SSSR count). The minimum absolute atomic E-state index is 0.0940. The van der Waals surface area contributed by atoms with Crippen molar-refractivity contribution in [2.45, 2.75) is 39.2 Å². The second kappa shape index (κ2) is 5.38. The van der Waals surface area contributed by atoms with Gasteiger partial charge in [-0.15, -0.1) is 0 Å². The van der Waals surface area contributed by atoms with Gasteiger partial charge < -0.3 is 10.4 Å². The largest absolute Gasteiger partial charge is 0.477 e. The van der Waals surface area contributed by atoms with E-state index in [4.69, 9.17) is 5.11 Å². The summed E-state index contributed by atoms with van der Waals surface area (Å²) in [6, 6.07) is 5.47. The van der Waals surface area contributed by atoms with Gasteiger partial charge in [0, 0.05) is 6.04 Å². The Morgan fingerprint density at radius 2 is 2.17 bits per heavy atom. The zero-order valence-corrected chi connectivity index (χ0v) is 10.9. The van der Waals surface area contributed by atoms with E-state index in [9.17, 15) is 4.79 Å². The monoisotopic (exact) mass is 248 g/mol. The van der Waals surface area contributed by atoms with Gasteiger partial charge in [-0.1, -0.05) is 32.8 Å². The smallest absolute Gasteiger partial charge is 0.354 e. The number of aromatic carboxylic acids is 1. The number of aromatic nitrogens is 1. The highest BCUT2D eigenvalue weighted by Gasteiger charge is 2.27. The van der Waals surface area contributed by atoms with Gasteiger partial charge >= 0.3 is 5.97 Å². The van der Waals surface area contributed by atoms with Crippen LogP contribution in [0.1, 0.15) is 43.6 Å². The summed E-state index contributed by atoms with van der Waals surface area (Å²) in [5.74, 6) is 0.984. The fourth-order valence-corrected chi connectivity index (χ4v) is 2.61. The molecule has 0 bridgehead atoms. The summed E-state index contributed by atoms with van der Waals surface area (Å²) < 4.78 is 0. The molecule has 3 unspecified atom stereocenters. The lowest BCUT2D eigenvalue weighted by Gasteiger charge is -2.34. The maximum atomic E-state index is 10.9. The van der Waals surface area contributed by atoms with Crippen LogP contribution >= 0.6 is 0 Å². The molecule has 4 heteroatoms. The molecule has 4 nitrogen and oxygen atoms in total. The van der Waals surface area contributed by atoms with Gasteiger partial charge in [-0.3, -0.25) is 0 Å².